The van der Waals surface area contributed by atoms with Gasteiger partial charge in [0.2, 0.25) is 5.91 Å². The molecular formula is C24H21FN4O5S. The normalized spacial score (nSPS) is 10.7. The van der Waals surface area contributed by atoms with Crippen molar-refractivity contribution >= 4 is 29.3 Å². The maximum absolute atomic E-state index is 13.0. The van der Waals surface area contributed by atoms with Gasteiger partial charge in [0.05, 0.1) is 29.8 Å². The first kappa shape index (κ1) is 24.0. The Hall–Kier alpha value is -4.12. The number of carbonyl (C=O) groups is 2. The van der Waals surface area contributed by atoms with Gasteiger partial charge in [0.25, 0.3) is 17.0 Å². The number of benzene rings is 2. The summed E-state index contributed by atoms with van der Waals surface area (Å²) in [6.45, 7) is 0.242. The third-order valence-electron chi connectivity index (χ3n) is 4.83. The van der Waals surface area contributed by atoms with Crippen LogP contribution in [0.2, 0.25) is 0 Å². The predicted molar refractivity (Wildman–Crippen MR) is 125 cm³/mol. The van der Waals surface area contributed by atoms with Crippen LogP contribution in [0.3, 0.4) is 0 Å². The van der Waals surface area contributed by atoms with Crippen LogP contribution < -0.4 is 15.0 Å². The highest BCUT2D eigenvalue weighted by atomic mass is 32.2. The van der Waals surface area contributed by atoms with Gasteiger partial charge >= 0.3 is 0 Å². The number of para-hydroxylation sites is 1. The predicted octanol–water partition coefficient (Wildman–Crippen LogP) is 4.07. The minimum Gasteiger partial charge on any atom is -0.484 e. The van der Waals surface area contributed by atoms with Gasteiger partial charge in [-0.05, 0) is 48.5 Å². The molecule has 0 aliphatic carbocycles. The lowest BCUT2D eigenvalue weighted by molar-refractivity contribution is -0.115. The fourth-order valence-electron chi connectivity index (χ4n) is 3.02. The Morgan fingerprint density at radius 1 is 1.09 bits per heavy atom. The van der Waals surface area contributed by atoms with Crippen molar-refractivity contribution in [2.24, 2.45) is 0 Å². The summed E-state index contributed by atoms with van der Waals surface area (Å²) < 4.78 is 29.2. The minimum absolute atomic E-state index is 0.00747. The molecule has 0 unspecified atom stereocenters. The summed E-state index contributed by atoms with van der Waals surface area (Å²) in [5, 5.41) is 10.8. The zero-order valence-corrected chi connectivity index (χ0v) is 19.5. The zero-order valence-electron chi connectivity index (χ0n) is 18.6. The van der Waals surface area contributed by atoms with E-state index < -0.39 is 0 Å². The van der Waals surface area contributed by atoms with Crippen molar-refractivity contribution in [3.8, 4) is 5.75 Å². The van der Waals surface area contributed by atoms with E-state index in [1.165, 1.54) is 35.4 Å². The van der Waals surface area contributed by atoms with Crippen LogP contribution in [0.1, 0.15) is 22.0 Å². The number of thioether (sulfide) groups is 1. The number of aromatic nitrogens is 2. The Morgan fingerprint density at radius 2 is 1.89 bits per heavy atom. The van der Waals surface area contributed by atoms with Gasteiger partial charge in [-0.15, -0.1) is 10.2 Å². The molecule has 0 atom stereocenters. The second-order valence-electron chi connectivity index (χ2n) is 7.22. The molecule has 0 radical (unpaired) electrons. The third kappa shape index (κ3) is 6.48. The minimum atomic E-state index is -0.361. The van der Waals surface area contributed by atoms with Crippen LogP contribution >= 0.6 is 11.8 Å². The van der Waals surface area contributed by atoms with Crippen LogP contribution in [-0.4, -0.2) is 34.8 Å². The number of anilines is 1. The topological polar surface area (TPSA) is 111 Å². The van der Waals surface area contributed by atoms with Crippen LogP contribution in [0.15, 0.2) is 81.0 Å². The van der Waals surface area contributed by atoms with E-state index in [0.29, 0.717) is 22.8 Å². The average Bonchev–Trinajstić information content (AvgIpc) is 3.57. The molecule has 1 N–H and O–H groups in total. The van der Waals surface area contributed by atoms with Crippen LogP contribution in [0.5, 0.6) is 5.75 Å². The Bertz CT molecular complexity index is 1280. The molecule has 2 amide bonds. The first-order valence-electron chi connectivity index (χ1n) is 10.5. The number of ether oxygens (including phenoxy) is 1. The molecule has 180 valence electrons. The number of halogens is 1. The van der Waals surface area contributed by atoms with Gasteiger partial charge < -0.3 is 23.8 Å². The van der Waals surface area contributed by atoms with Crippen molar-refractivity contribution in [2.45, 2.75) is 18.4 Å². The Labute approximate surface area is 204 Å². The maximum atomic E-state index is 13.0. The van der Waals surface area contributed by atoms with E-state index in [4.69, 9.17) is 13.6 Å². The number of carbonyl (C=O) groups excluding carboxylic acids is 2. The van der Waals surface area contributed by atoms with E-state index in [0.717, 1.165) is 11.8 Å². The van der Waals surface area contributed by atoms with Crippen LogP contribution in [0, 0.1) is 5.82 Å². The monoisotopic (exact) mass is 496 g/mol. The summed E-state index contributed by atoms with van der Waals surface area (Å²) in [6.07, 6.45) is 1.53. The van der Waals surface area contributed by atoms with Crippen molar-refractivity contribution in [2.75, 3.05) is 17.7 Å². The molecule has 35 heavy (non-hydrogen) atoms. The van der Waals surface area contributed by atoms with Gasteiger partial charge in [-0.1, -0.05) is 23.9 Å². The van der Waals surface area contributed by atoms with Crippen molar-refractivity contribution in [3.63, 3.8) is 0 Å². The number of amides is 2. The number of hydrogen-bond acceptors (Lipinski definition) is 8. The first-order chi connectivity index (χ1) is 17.0. The Kier molecular flexibility index (Phi) is 7.78. The molecule has 0 saturated heterocycles. The van der Waals surface area contributed by atoms with Crippen molar-refractivity contribution < 1.29 is 27.6 Å². The molecule has 0 aliphatic heterocycles. The standard InChI is InChI=1S/C24H21FN4O5S/c1-29(20-7-3-2-6-19(20)23(31)26-13-18-5-4-12-32-18)22(30)15-35-24-28-27-21(34-24)14-33-17-10-8-16(25)9-11-17/h2-12H,13-15H2,1H3,(H,26,31). The van der Waals surface area contributed by atoms with E-state index in [1.807, 2.05) is 0 Å². The Morgan fingerprint density at radius 3 is 2.66 bits per heavy atom. The zero-order chi connectivity index (χ0) is 24.6. The Balaban J connectivity index is 1.31. The second kappa shape index (κ2) is 11.3. The number of rotatable bonds is 10. The molecule has 2 heterocycles. The summed E-state index contributed by atoms with van der Waals surface area (Å²) in [5.41, 5.74) is 0.826. The van der Waals surface area contributed by atoms with Crippen molar-refractivity contribution in [1.29, 1.82) is 0 Å². The number of hydrogen-bond donors (Lipinski definition) is 1. The van der Waals surface area contributed by atoms with Gasteiger partial charge in [0, 0.05) is 7.05 Å². The maximum Gasteiger partial charge on any atom is 0.277 e. The molecular weight excluding hydrogens is 475 g/mol. The van der Waals surface area contributed by atoms with E-state index in [9.17, 15) is 14.0 Å². The lowest BCUT2D eigenvalue weighted by atomic mass is 10.1. The highest BCUT2D eigenvalue weighted by Gasteiger charge is 2.20. The van der Waals surface area contributed by atoms with E-state index >= 15 is 0 Å². The SMILES string of the molecule is CN(C(=O)CSc1nnc(COc2ccc(F)cc2)o1)c1ccccc1C(=O)NCc1ccco1. The van der Waals surface area contributed by atoms with Crippen molar-refractivity contribution in [1.82, 2.24) is 15.5 Å². The van der Waals surface area contributed by atoms with Crippen molar-refractivity contribution in [3.05, 3.63) is 90.0 Å². The van der Waals surface area contributed by atoms with E-state index in [-0.39, 0.29) is 47.6 Å². The smallest absolute Gasteiger partial charge is 0.277 e. The van der Waals surface area contributed by atoms with Gasteiger partial charge in [-0.3, -0.25) is 9.59 Å². The lowest BCUT2D eigenvalue weighted by Gasteiger charge is -2.20. The van der Waals surface area contributed by atoms with E-state index in [2.05, 4.69) is 15.5 Å². The number of furan rings is 1. The third-order valence-corrected chi connectivity index (χ3v) is 5.63. The van der Waals surface area contributed by atoms with Gasteiger partial charge in [-0.25, -0.2) is 4.39 Å². The number of nitrogens with one attached hydrogen (secondary N) is 1. The second-order valence-corrected chi connectivity index (χ2v) is 8.15. The summed E-state index contributed by atoms with van der Waals surface area (Å²) in [5.74, 6) is 0.368. The molecule has 0 saturated carbocycles. The average molecular weight is 497 g/mol. The molecule has 0 aliphatic rings. The largest absolute Gasteiger partial charge is 0.484 e. The molecule has 2 aromatic heterocycles. The lowest BCUT2D eigenvalue weighted by Crippen LogP contribution is -2.31. The molecule has 4 aromatic rings. The summed E-state index contributed by atoms with van der Waals surface area (Å²) in [7, 11) is 1.59. The molecule has 9 nitrogen and oxygen atoms in total. The molecule has 2 aromatic carbocycles. The van der Waals surface area contributed by atoms with Gasteiger partial charge in [-0.2, -0.15) is 0 Å². The molecule has 0 fully saturated rings. The molecule has 11 heteroatoms. The van der Waals surface area contributed by atoms with Crippen LogP contribution in [0.4, 0.5) is 10.1 Å². The van der Waals surface area contributed by atoms with Crippen LogP contribution in [0.25, 0.3) is 0 Å². The molecule has 4 rings (SSSR count). The van der Waals surface area contributed by atoms with Gasteiger partial charge in [0.15, 0.2) is 6.61 Å². The first-order valence-corrected chi connectivity index (χ1v) is 11.5. The number of nitrogens with zero attached hydrogens (tertiary/aromatic N) is 3. The highest BCUT2D eigenvalue weighted by Crippen LogP contribution is 2.23. The highest BCUT2D eigenvalue weighted by molar-refractivity contribution is 7.99. The summed E-state index contributed by atoms with van der Waals surface area (Å²) in [6, 6.07) is 15.9. The fraction of sp³-hybridized carbons (Fsp3) is 0.167. The summed E-state index contributed by atoms with van der Waals surface area (Å²) >= 11 is 1.07. The van der Waals surface area contributed by atoms with Crippen LogP contribution in [-0.2, 0) is 17.9 Å². The van der Waals surface area contributed by atoms with E-state index in [1.54, 1.807) is 43.4 Å². The quantitative estimate of drug-likeness (QED) is 0.327. The summed E-state index contributed by atoms with van der Waals surface area (Å²) in [4.78, 5) is 26.9. The fourth-order valence-corrected chi connectivity index (χ4v) is 3.71. The molecule has 0 bridgehead atoms. The molecule has 0 spiro atoms. The van der Waals surface area contributed by atoms with Gasteiger partial charge in [0.1, 0.15) is 17.3 Å².